The number of amides is 11. The van der Waals surface area contributed by atoms with Gasteiger partial charge in [-0.1, -0.05) is 116 Å². The van der Waals surface area contributed by atoms with Gasteiger partial charge >= 0.3 is 5.97 Å². The fourth-order valence-electron chi connectivity index (χ4n) is 12.4. The molecular weight excluding hydrogens is 1490 g/mol. The number of rotatable bonds is 67. The van der Waals surface area contributed by atoms with Crippen molar-refractivity contribution < 1.29 is 92.3 Å². The van der Waals surface area contributed by atoms with Crippen LogP contribution in [0, 0.1) is 17.8 Å². The number of unbranched alkanes of at least 4 members (excludes halogenated alkanes) is 14. The van der Waals surface area contributed by atoms with E-state index in [4.69, 9.17) is 39.5 Å². The van der Waals surface area contributed by atoms with Gasteiger partial charge in [-0.25, -0.2) is 0 Å². The summed E-state index contributed by atoms with van der Waals surface area (Å²) in [6, 6.07) is -6.16. The number of carbonyl (C=O) groups excluding carboxylic acids is 14. The van der Waals surface area contributed by atoms with E-state index in [1.165, 1.54) is 87.4 Å². The minimum absolute atomic E-state index is 0.00116. The van der Waals surface area contributed by atoms with Crippen molar-refractivity contribution in [1.82, 2.24) is 47.9 Å². The lowest BCUT2D eigenvalue weighted by atomic mass is 9.87. The number of phenolic OH excluding ortho intramolecular Hbond substituents is 1. The third kappa shape index (κ3) is 46.8. The number of hydrogen-bond acceptors (Lipinski definition) is 22. The number of guanidine groups is 1. The van der Waals surface area contributed by atoms with Crippen LogP contribution in [0.2, 0.25) is 0 Å². The summed E-state index contributed by atoms with van der Waals surface area (Å²) in [5.74, 6) is -15.6. The van der Waals surface area contributed by atoms with Gasteiger partial charge in [0.25, 0.3) is 0 Å². The molecular formula is C77H132N16O19S. The van der Waals surface area contributed by atoms with Crippen molar-refractivity contribution in [2.75, 3.05) is 44.8 Å². The monoisotopic (exact) mass is 1620 g/mol. The molecule has 36 heteroatoms. The third-order valence-corrected chi connectivity index (χ3v) is 19.5. The van der Waals surface area contributed by atoms with Crippen molar-refractivity contribution in [3.8, 4) is 5.75 Å². The Morgan fingerprint density at radius 3 is 1.50 bits per heavy atom. The highest BCUT2D eigenvalue weighted by atomic mass is 32.2. The van der Waals surface area contributed by atoms with Gasteiger partial charge in [0.2, 0.25) is 65.0 Å². The molecule has 113 heavy (non-hydrogen) atoms. The van der Waals surface area contributed by atoms with E-state index in [1.807, 2.05) is 11.6 Å². The molecule has 0 unspecified atom stereocenters. The van der Waals surface area contributed by atoms with E-state index in [-0.39, 0.29) is 101 Å². The topological polar surface area (TPSA) is 614 Å². The van der Waals surface area contributed by atoms with Crippen LogP contribution in [0.5, 0.6) is 5.75 Å². The average Bonchev–Trinajstić information content (AvgIpc) is 0.836. The van der Waals surface area contributed by atoms with Crippen LogP contribution in [0.3, 0.4) is 0 Å². The van der Waals surface area contributed by atoms with E-state index in [2.05, 4.69) is 54.5 Å². The molecule has 0 saturated heterocycles. The van der Waals surface area contributed by atoms with Crippen LogP contribution >= 0.6 is 11.8 Å². The second-order valence-corrected chi connectivity index (χ2v) is 30.2. The Morgan fingerprint density at radius 1 is 0.469 bits per heavy atom. The number of carboxylic acids is 1. The lowest BCUT2D eigenvalue weighted by Gasteiger charge is -2.27. The number of nitrogens with zero attached hydrogens (tertiary/aromatic N) is 1. The second-order valence-electron chi connectivity index (χ2n) is 29.2. The lowest BCUT2D eigenvalue weighted by Crippen LogP contribution is -2.60. The van der Waals surface area contributed by atoms with Gasteiger partial charge in [0.05, 0.1) is 43.8 Å². The van der Waals surface area contributed by atoms with Crippen molar-refractivity contribution in [2.24, 2.45) is 57.1 Å². The summed E-state index contributed by atoms with van der Waals surface area (Å²) < 4.78 is 0. The first-order chi connectivity index (χ1) is 53.7. The Labute approximate surface area is 668 Å². The van der Waals surface area contributed by atoms with Crippen LogP contribution in [0.25, 0.3) is 0 Å². The third-order valence-electron chi connectivity index (χ3n) is 18.8. The number of aliphatic hydroxyl groups is 2. The predicted octanol–water partition coefficient (Wildman–Crippen LogP) is 0.620. The number of benzene rings is 1. The SMILES string of the molecule is CCCCCCCCCCCCCCCC(=O)N[C@@H](CCSC)C(=O)NCC(=O)N[C@@H](Cc1ccc(O)cc1)C(=O)N[C@@H](CCC(N)=O)C(=O)C[C@@H](CCCCN)C(=O)N[C@@H](CCCCN)C(=O)C[C@@H](CC(C)C)C(=O)N[C@@H](CCCN=C(N)N)C(=O)CCC(=O)N[C@@H](CO)C(=O)N[C@H](C(=O)N[C@@H](CC(=O)O)C(N)=O)[C@@H](C)O. The number of phenols is 1. The highest BCUT2D eigenvalue weighted by molar-refractivity contribution is 7.98. The first kappa shape index (κ1) is 102. The molecule has 0 heterocycles. The van der Waals surface area contributed by atoms with Gasteiger partial charge in [0, 0.05) is 63.3 Å². The van der Waals surface area contributed by atoms with Crippen LogP contribution in [-0.4, -0.2) is 214 Å². The molecule has 35 nitrogen and oxygen atoms in total. The van der Waals surface area contributed by atoms with Gasteiger partial charge in [-0.3, -0.25) is 76.9 Å². The molecule has 0 aliphatic rings. The normalized spacial score (nSPS) is 14.1. The van der Waals surface area contributed by atoms with E-state index in [0.717, 1.165) is 32.6 Å². The van der Waals surface area contributed by atoms with E-state index in [1.54, 1.807) is 13.8 Å². The van der Waals surface area contributed by atoms with Gasteiger partial charge in [0.1, 0.15) is 36.0 Å². The minimum atomic E-state index is -1.85. The highest BCUT2D eigenvalue weighted by Crippen LogP contribution is 2.23. The molecule has 1 rings (SSSR count). The summed E-state index contributed by atoms with van der Waals surface area (Å²) >= 11 is 1.47. The van der Waals surface area contributed by atoms with Crippen LogP contribution in [-0.2, 0) is 78.3 Å². The van der Waals surface area contributed by atoms with Gasteiger partial charge in [-0.05, 0) is 126 Å². The summed E-state index contributed by atoms with van der Waals surface area (Å²) in [5, 5.41) is 62.2. The number of aliphatic imine (C=N–C) groups is 1. The first-order valence-electron chi connectivity index (χ1n) is 39.8. The molecule has 0 aliphatic heterocycles. The Hall–Kier alpha value is -8.87. The molecule has 0 aliphatic carbocycles. The maximum absolute atomic E-state index is 14.7. The fourth-order valence-corrected chi connectivity index (χ4v) is 12.9. The average molecular weight is 1620 g/mol. The number of primary amides is 2. The van der Waals surface area contributed by atoms with Gasteiger partial charge in [0.15, 0.2) is 23.3 Å². The Morgan fingerprint density at radius 2 is 0.965 bits per heavy atom. The van der Waals surface area contributed by atoms with E-state index in [9.17, 15) is 87.2 Å². The maximum Gasteiger partial charge on any atom is 0.305 e. The van der Waals surface area contributed by atoms with Crippen LogP contribution < -0.4 is 82.3 Å². The zero-order chi connectivity index (χ0) is 84.8. The highest BCUT2D eigenvalue weighted by Gasteiger charge is 2.37. The summed E-state index contributed by atoms with van der Waals surface area (Å²) in [7, 11) is 0. The Balaban J connectivity index is 3.50. The molecule has 0 spiro atoms. The van der Waals surface area contributed by atoms with Crippen LogP contribution in [0.15, 0.2) is 29.3 Å². The number of thioether (sulfide) groups is 1. The molecule has 0 bridgehead atoms. The van der Waals surface area contributed by atoms with E-state index in [0.29, 0.717) is 43.4 Å². The van der Waals surface area contributed by atoms with Crippen molar-refractivity contribution >= 4 is 106 Å². The zero-order valence-corrected chi connectivity index (χ0v) is 67.7. The number of ketones is 3. The standard InChI is InChI=1S/C77H132N16O19S/c1-6-7-8-9-10-11-12-13-14-15-16-17-18-27-65(101)86-57(36-40-113-5)73(109)85-46-67(103)87-59(42-50-28-30-53(96)31-29-50)74(110)91-56(32-34-64(80)100)62(98)43-51(24-19-21-37-78)71(107)90-55(25-20-22-38-79)63(99)44-52(41-48(2)3)72(108)89-54(26-23-39-84-77(82)83)61(97)33-35-66(102)88-60(47-94)75(111)93-69(49(4)95)76(112)92-58(70(81)106)45-68(104)105/h28-31,48-49,51-52,54-60,69,94-96H,6-27,32-47,78-79H2,1-5H3,(H2,80,100)(H2,81,106)(H,85,109)(H,86,101)(H,87,103)(H,88,102)(H,89,108)(H,90,107)(H,91,110)(H,92,112)(H,93,111)(H,104,105)(H4,82,83,84)/t49-,51-,52-,54+,55+,56+,57+,58+,59+,60+,69+/m1/s1. The molecule has 11 atom stereocenters. The second kappa shape index (κ2) is 59.8. The largest absolute Gasteiger partial charge is 0.508 e. The molecule has 640 valence electrons. The Bertz CT molecular complexity index is 3160. The number of aliphatic hydroxyl groups excluding tert-OH is 2. The van der Waals surface area contributed by atoms with Crippen molar-refractivity contribution in [2.45, 2.75) is 288 Å². The summed E-state index contributed by atoms with van der Waals surface area (Å²) in [6.45, 7) is 5.57. The molecule has 1 aromatic carbocycles. The number of hydrogen-bond donors (Lipinski definition) is 19. The minimum Gasteiger partial charge on any atom is -0.508 e. The quantitative estimate of drug-likeness (QED) is 0.0241. The number of nitrogens with one attached hydrogen (secondary N) is 9. The van der Waals surface area contributed by atoms with Gasteiger partial charge in [-0.2, -0.15) is 11.8 Å². The van der Waals surface area contributed by atoms with Gasteiger partial charge < -0.3 is 103 Å². The molecule has 0 aromatic heterocycles. The number of aromatic hydroxyl groups is 1. The fraction of sp³-hybridized carbons (Fsp3) is 0.714. The van der Waals surface area contributed by atoms with E-state index >= 15 is 0 Å². The smallest absolute Gasteiger partial charge is 0.305 e. The summed E-state index contributed by atoms with van der Waals surface area (Å²) in [4.78, 5) is 207. The number of carboxylic acid groups (broad SMARTS) is 1. The van der Waals surface area contributed by atoms with Crippen LogP contribution in [0.1, 0.15) is 232 Å². The lowest BCUT2D eigenvalue weighted by molar-refractivity contribution is -0.141. The molecule has 11 amide bonds. The number of aliphatic carboxylic acids is 1. The van der Waals surface area contributed by atoms with Crippen molar-refractivity contribution in [3.05, 3.63) is 29.8 Å². The molecule has 0 saturated carbocycles. The molecule has 25 N–H and O–H groups in total. The molecule has 0 fully saturated rings. The predicted molar refractivity (Wildman–Crippen MR) is 428 cm³/mol. The van der Waals surface area contributed by atoms with Crippen LogP contribution in [0.4, 0.5) is 0 Å². The van der Waals surface area contributed by atoms with E-state index < -0.39 is 200 Å². The molecule has 0 radical (unpaired) electrons. The first-order valence-corrected chi connectivity index (χ1v) is 41.2. The Kier molecular flexibility index (Phi) is 54.0. The molecule has 1 aromatic rings. The zero-order valence-electron chi connectivity index (χ0n) is 66.8. The van der Waals surface area contributed by atoms with Crippen molar-refractivity contribution in [1.29, 1.82) is 0 Å². The number of nitrogens with two attached hydrogens (primary N) is 6. The summed E-state index contributed by atoms with van der Waals surface area (Å²) in [6.07, 6.45) is 13.0. The maximum atomic E-state index is 14.7. The van der Waals surface area contributed by atoms with Crippen molar-refractivity contribution in [3.63, 3.8) is 0 Å². The van der Waals surface area contributed by atoms with Gasteiger partial charge in [-0.15, -0.1) is 0 Å². The summed E-state index contributed by atoms with van der Waals surface area (Å²) in [5.41, 5.74) is 34.1. The number of Topliss-reactive ketones (excluding diaryl/α,β-unsaturated/α-hetero) is 3. The number of carbonyl (C=O) groups is 15.